The van der Waals surface area contributed by atoms with Crippen LogP contribution in [0.3, 0.4) is 0 Å². The molecule has 1 aliphatic rings. The second kappa shape index (κ2) is 6.49. The fourth-order valence-corrected chi connectivity index (χ4v) is 4.24. The number of carbonyl (C=O) groups is 1. The molecule has 31 heavy (non-hydrogen) atoms. The van der Waals surface area contributed by atoms with Gasteiger partial charge in [0.15, 0.2) is 11.4 Å². The number of pyridine rings is 1. The molecular weight excluding hydrogens is 404 g/mol. The second-order valence-electron chi connectivity index (χ2n) is 7.46. The number of H-pyrrole nitrogens is 1. The zero-order chi connectivity index (χ0) is 21.1. The summed E-state index contributed by atoms with van der Waals surface area (Å²) < 4.78 is 35.0. The maximum Gasteiger partial charge on any atom is 0.258 e. The maximum absolute atomic E-state index is 14.3. The third kappa shape index (κ3) is 2.66. The lowest BCUT2D eigenvalue weighted by atomic mass is 9.99. The lowest BCUT2D eigenvalue weighted by Gasteiger charge is -2.33. The average Bonchev–Trinajstić information content (AvgIpc) is 3.50. The number of aromatic nitrogens is 4. The van der Waals surface area contributed by atoms with E-state index in [4.69, 9.17) is 4.42 Å². The van der Waals surface area contributed by atoms with Crippen LogP contribution in [0.15, 0.2) is 59.5 Å². The van der Waals surface area contributed by atoms with Crippen LogP contribution in [-0.4, -0.2) is 36.9 Å². The van der Waals surface area contributed by atoms with E-state index in [2.05, 4.69) is 15.1 Å². The van der Waals surface area contributed by atoms with E-state index in [1.54, 1.807) is 29.4 Å². The van der Waals surface area contributed by atoms with Gasteiger partial charge in [-0.25, -0.2) is 18.3 Å². The van der Waals surface area contributed by atoms with Crippen molar-refractivity contribution in [3.63, 3.8) is 0 Å². The van der Waals surface area contributed by atoms with Gasteiger partial charge in [-0.3, -0.25) is 4.79 Å². The molecule has 1 aromatic carbocycles. The third-order valence-electron chi connectivity index (χ3n) is 5.68. The number of rotatable bonds is 2. The third-order valence-corrected chi connectivity index (χ3v) is 5.68. The van der Waals surface area contributed by atoms with Crippen molar-refractivity contribution < 1.29 is 18.0 Å². The fraction of sp³-hybridized carbons (Fsp3) is 0.136. The highest BCUT2D eigenvalue weighted by atomic mass is 19.1. The first-order chi connectivity index (χ1) is 15.1. The van der Waals surface area contributed by atoms with Gasteiger partial charge in [0.05, 0.1) is 35.5 Å². The number of aromatic amines is 1. The first kappa shape index (κ1) is 17.8. The average molecular weight is 419 g/mol. The van der Waals surface area contributed by atoms with Crippen LogP contribution >= 0.6 is 0 Å². The molecule has 1 atom stereocenters. The van der Waals surface area contributed by atoms with Crippen LogP contribution in [0.5, 0.6) is 0 Å². The van der Waals surface area contributed by atoms with Gasteiger partial charge in [0, 0.05) is 24.0 Å². The molecule has 0 spiro atoms. The van der Waals surface area contributed by atoms with Gasteiger partial charge in [-0.2, -0.15) is 5.10 Å². The molecule has 0 radical (unpaired) electrons. The standard InChI is InChI=1S/C22H15F2N5O2/c23-13-4-5-17-14(9-27-29(17)10-13)22(30)28-7-6-16-19(26-11-25-16)20(28)18-8-12-2-1-3-15(24)21(12)31-18/h1-5,8-11,20H,6-7H2,(H,25,26)/t20-/m0/s1. The van der Waals surface area contributed by atoms with Crippen LogP contribution in [-0.2, 0) is 6.42 Å². The van der Waals surface area contributed by atoms with E-state index in [0.717, 1.165) is 5.69 Å². The Kier molecular flexibility index (Phi) is 3.73. The van der Waals surface area contributed by atoms with Crippen LogP contribution in [0.1, 0.15) is 33.5 Å². The van der Waals surface area contributed by atoms with E-state index in [-0.39, 0.29) is 11.5 Å². The van der Waals surface area contributed by atoms with Gasteiger partial charge >= 0.3 is 0 Å². The number of nitrogens with zero attached hydrogens (tertiary/aromatic N) is 4. The molecule has 154 valence electrons. The Bertz CT molecular complexity index is 1470. The number of halogens is 2. The van der Waals surface area contributed by atoms with Crippen LogP contribution in [0.2, 0.25) is 0 Å². The second-order valence-corrected chi connectivity index (χ2v) is 7.46. The van der Waals surface area contributed by atoms with Gasteiger partial charge in [-0.1, -0.05) is 12.1 Å². The Morgan fingerprint density at radius 2 is 2.13 bits per heavy atom. The molecule has 0 fully saturated rings. The van der Waals surface area contributed by atoms with Gasteiger partial charge in [0.1, 0.15) is 17.6 Å². The first-order valence-corrected chi connectivity index (χ1v) is 9.74. The Hall–Kier alpha value is -4.01. The van der Waals surface area contributed by atoms with E-state index in [1.807, 2.05) is 0 Å². The number of furan rings is 1. The lowest BCUT2D eigenvalue weighted by molar-refractivity contribution is 0.0674. The van der Waals surface area contributed by atoms with Gasteiger partial charge in [-0.15, -0.1) is 0 Å². The zero-order valence-corrected chi connectivity index (χ0v) is 16.0. The summed E-state index contributed by atoms with van der Waals surface area (Å²) in [6.45, 7) is 0.400. The van der Waals surface area contributed by atoms with Crippen LogP contribution in [0.4, 0.5) is 8.78 Å². The number of fused-ring (bicyclic) bond motifs is 3. The van der Waals surface area contributed by atoms with Crippen LogP contribution in [0.25, 0.3) is 16.5 Å². The number of amides is 1. The number of nitrogens with one attached hydrogen (secondary N) is 1. The topological polar surface area (TPSA) is 79.4 Å². The van der Waals surface area contributed by atoms with Crippen molar-refractivity contribution in [1.29, 1.82) is 0 Å². The zero-order valence-electron chi connectivity index (χ0n) is 16.0. The predicted octanol–water partition coefficient (Wildman–Crippen LogP) is 3.87. The Balaban J connectivity index is 1.49. The minimum atomic E-state index is -0.635. The minimum Gasteiger partial charge on any atom is -0.455 e. The fourth-order valence-electron chi connectivity index (χ4n) is 4.24. The molecule has 0 saturated heterocycles. The Morgan fingerprint density at radius 3 is 3.00 bits per heavy atom. The van der Waals surface area contributed by atoms with Gasteiger partial charge in [-0.05, 0) is 24.3 Å². The van der Waals surface area contributed by atoms with E-state index >= 15 is 0 Å². The number of hydrogen-bond acceptors (Lipinski definition) is 4. The number of benzene rings is 1. The first-order valence-electron chi connectivity index (χ1n) is 9.74. The van der Waals surface area contributed by atoms with Crippen LogP contribution in [0, 0.1) is 11.6 Å². The van der Waals surface area contributed by atoms with Crippen molar-refractivity contribution in [2.75, 3.05) is 6.54 Å². The summed E-state index contributed by atoms with van der Waals surface area (Å²) in [5, 5.41) is 4.72. The number of hydrogen-bond donors (Lipinski definition) is 1. The summed E-state index contributed by atoms with van der Waals surface area (Å²) in [6, 6.07) is 8.60. The Labute approximate surface area is 173 Å². The highest BCUT2D eigenvalue weighted by Gasteiger charge is 2.37. The SMILES string of the molecule is O=C(c1cnn2cc(F)ccc12)N1CCc2[nH]cnc2[C@@H]1c1cc2cccc(F)c2o1. The van der Waals surface area contributed by atoms with Crippen molar-refractivity contribution in [2.24, 2.45) is 0 Å². The molecule has 6 rings (SSSR count). The molecule has 0 saturated carbocycles. The smallest absolute Gasteiger partial charge is 0.258 e. The van der Waals surface area contributed by atoms with Crippen LogP contribution < -0.4 is 0 Å². The molecule has 1 aliphatic heterocycles. The van der Waals surface area contributed by atoms with Crippen molar-refractivity contribution in [1.82, 2.24) is 24.5 Å². The minimum absolute atomic E-state index is 0.138. The molecule has 7 nitrogen and oxygen atoms in total. The molecule has 1 amide bonds. The summed E-state index contributed by atoms with van der Waals surface area (Å²) in [5.74, 6) is -0.787. The maximum atomic E-state index is 14.3. The molecule has 4 aromatic heterocycles. The monoisotopic (exact) mass is 419 g/mol. The largest absolute Gasteiger partial charge is 0.455 e. The normalized spacial score (nSPS) is 16.2. The van der Waals surface area contributed by atoms with Gasteiger partial charge in [0.25, 0.3) is 5.91 Å². The molecular formula is C22H15F2N5O2. The van der Waals surface area contributed by atoms with Crippen molar-refractivity contribution in [3.05, 3.63) is 89.5 Å². The van der Waals surface area contributed by atoms with Crippen molar-refractivity contribution in [3.8, 4) is 0 Å². The molecule has 5 aromatic rings. The van der Waals surface area contributed by atoms with E-state index in [9.17, 15) is 13.6 Å². The molecule has 0 bridgehead atoms. The molecule has 5 heterocycles. The summed E-state index contributed by atoms with van der Waals surface area (Å²) in [7, 11) is 0. The van der Waals surface area contributed by atoms with Gasteiger partial charge < -0.3 is 14.3 Å². The highest BCUT2D eigenvalue weighted by Crippen LogP contribution is 2.37. The molecule has 1 N–H and O–H groups in total. The summed E-state index contributed by atoms with van der Waals surface area (Å²) in [4.78, 5) is 22.8. The molecule has 0 aliphatic carbocycles. The summed E-state index contributed by atoms with van der Waals surface area (Å²) in [6.07, 6.45) is 4.80. The van der Waals surface area contributed by atoms with E-state index in [1.165, 1.54) is 35.1 Å². The highest BCUT2D eigenvalue weighted by molar-refractivity contribution is 6.01. The number of imidazole rings is 1. The Morgan fingerprint density at radius 1 is 1.23 bits per heavy atom. The van der Waals surface area contributed by atoms with E-state index in [0.29, 0.717) is 40.9 Å². The van der Waals surface area contributed by atoms with Crippen molar-refractivity contribution >= 4 is 22.4 Å². The molecule has 9 heteroatoms. The van der Waals surface area contributed by atoms with Gasteiger partial charge in [0.2, 0.25) is 0 Å². The summed E-state index contributed by atoms with van der Waals surface area (Å²) >= 11 is 0. The van der Waals surface area contributed by atoms with Crippen molar-refractivity contribution in [2.45, 2.75) is 12.5 Å². The molecule has 0 unspecified atom stereocenters. The predicted molar refractivity (Wildman–Crippen MR) is 106 cm³/mol. The van der Waals surface area contributed by atoms with E-state index < -0.39 is 17.7 Å². The number of carbonyl (C=O) groups excluding carboxylic acids is 1. The quantitative estimate of drug-likeness (QED) is 0.471. The number of para-hydroxylation sites is 1. The lowest BCUT2D eigenvalue weighted by Crippen LogP contribution is -2.40. The summed E-state index contributed by atoms with van der Waals surface area (Å²) in [5.41, 5.74) is 2.53.